The molecule has 0 spiro atoms. The zero-order valence-electron chi connectivity index (χ0n) is 8.26. The Balaban J connectivity index is 3.85. The molecule has 0 aromatic heterocycles. The molecule has 12 heavy (non-hydrogen) atoms. The molecule has 0 saturated heterocycles. The predicted molar refractivity (Wildman–Crippen MR) is 49.1 cm³/mol. The number of carbonyl (C=O) groups excluding carboxylic acids is 1. The molecule has 0 aromatic rings. The Labute approximate surface area is 74.0 Å². The van der Waals surface area contributed by atoms with Crippen LogP contribution in [0.5, 0.6) is 0 Å². The Kier molecular flexibility index (Phi) is 5.17. The van der Waals surface area contributed by atoms with Crippen molar-refractivity contribution in [3.8, 4) is 0 Å². The highest BCUT2D eigenvalue weighted by Gasteiger charge is 2.04. The minimum absolute atomic E-state index is 0.296. The molecule has 0 N–H and O–H groups in total. The van der Waals surface area contributed by atoms with E-state index in [1.807, 2.05) is 13.0 Å². The number of rotatable bonds is 3. The lowest BCUT2D eigenvalue weighted by Crippen LogP contribution is -2.26. The predicted octanol–water partition coefficient (Wildman–Crippen LogP) is 2.04. The summed E-state index contributed by atoms with van der Waals surface area (Å²) in [6.07, 6.45) is 2.75. The second kappa shape index (κ2) is 5.63. The molecule has 1 amide bonds. The average Bonchev–Trinajstić information content (AvgIpc) is 2.11. The van der Waals surface area contributed by atoms with Gasteiger partial charge in [0.1, 0.15) is 0 Å². The molecule has 0 unspecified atom stereocenters. The van der Waals surface area contributed by atoms with Gasteiger partial charge < -0.3 is 9.64 Å². The van der Waals surface area contributed by atoms with Crippen molar-refractivity contribution in [2.45, 2.75) is 20.3 Å². The van der Waals surface area contributed by atoms with Crippen LogP contribution in [-0.4, -0.2) is 31.7 Å². The number of carbonyl (C=O) groups is 1. The molecule has 0 aliphatic rings. The maximum atomic E-state index is 10.9. The molecule has 0 radical (unpaired) electrons. The number of hydrogen-bond acceptors (Lipinski definition) is 2. The lowest BCUT2D eigenvalue weighted by atomic mass is 10.2. The number of allylic oxidation sites excluding steroid dienone is 1. The third-order valence-corrected chi connectivity index (χ3v) is 1.76. The maximum absolute atomic E-state index is 10.9. The van der Waals surface area contributed by atoms with Gasteiger partial charge in [0.25, 0.3) is 0 Å². The second-order valence-corrected chi connectivity index (χ2v) is 2.75. The Morgan fingerprint density at radius 2 is 2.17 bits per heavy atom. The van der Waals surface area contributed by atoms with Crippen molar-refractivity contribution in [3.63, 3.8) is 0 Å². The molecule has 0 bridgehead atoms. The number of amides is 1. The van der Waals surface area contributed by atoms with Gasteiger partial charge in [-0.15, -0.1) is 0 Å². The van der Waals surface area contributed by atoms with Crippen molar-refractivity contribution in [3.05, 3.63) is 11.6 Å². The van der Waals surface area contributed by atoms with Crippen LogP contribution in [0.2, 0.25) is 0 Å². The minimum Gasteiger partial charge on any atom is -0.453 e. The fourth-order valence-corrected chi connectivity index (χ4v) is 0.667. The number of methoxy groups -OCH3 is 1. The highest BCUT2D eigenvalue weighted by atomic mass is 16.5. The van der Waals surface area contributed by atoms with Crippen LogP contribution in [0, 0.1) is 0 Å². The van der Waals surface area contributed by atoms with E-state index in [9.17, 15) is 4.79 Å². The molecule has 0 aliphatic carbocycles. The summed E-state index contributed by atoms with van der Waals surface area (Å²) in [5.74, 6) is 0. The summed E-state index contributed by atoms with van der Waals surface area (Å²) < 4.78 is 4.54. The first-order chi connectivity index (χ1) is 5.61. The maximum Gasteiger partial charge on any atom is 0.409 e. The summed E-state index contributed by atoms with van der Waals surface area (Å²) in [5.41, 5.74) is 1.28. The fraction of sp³-hybridized carbons (Fsp3) is 0.667. The topological polar surface area (TPSA) is 29.5 Å². The molecular weight excluding hydrogens is 154 g/mol. The molecule has 0 aliphatic heterocycles. The monoisotopic (exact) mass is 171 g/mol. The summed E-state index contributed by atoms with van der Waals surface area (Å²) in [7, 11) is 3.10. The molecule has 3 nitrogen and oxygen atoms in total. The molecule has 70 valence electrons. The first-order valence-electron chi connectivity index (χ1n) is 4.06. The van der Waals surface area contributed by atoms with Gasteiger partial charge >= 0.3 is 6.09 Å². The molecule has 0 saturated carbocycles. The number of nitrogens with zero attached hydrogens (tertiary/aromatic N) is 1. The third kappa shape index (κ3) is 4.01. The standard InChI is InChI=1S/C9H17NO2/c1-5-8(2)6-7-10(3)9(11)12-4/h6H,5,7H2,1-4H3/b8-6-. The summed E-state index contributed by atoms with van der Waals surface area (Å²) in [6, 6.07) is 0. The van der Waals surface area contributed by atoms with Crippen LogP contribution in [0.3, 0.4) is 0 Å². The Bertz CT molecular complexity index is 175. The number of ether oxygens (including phenoxy) is 1. The highest BCUT2D eigenvalue weighted by molar-refractivity contribution is 5.67. The van der Waals surface area contributed by atoms with Crippen molar-refractivity contribution in [1.29, 1.82) is 0 Å². The van der Waals surface area contributed by atoms with Gasteiger partial charge in [-0.05, 0) is 13.3 Å². The van der Waals surface area contributed by atoms with E-state index in [4.69, 9.17) is 0 Å². The number of likely N-dealkylation sites (N-methyl/N-ethyl adjacent to an activating group) is 1. The lowest BCUT2D eigenvalue weighted by molar-refractivity contribution is 0.137. The summed E-state index contributed by atoms with van der Waals surface area (Å²) in [6.45, 7) is 4.75. The van der Waals surface area contributed by atoms with Crippen LogP contribution < -0.4 is 0 Å². The first kappa shape index (κ1) is 11.0. The van der Waals surface area contributed by atoms with Gasteiger partial charge in [0.15, 0.2) is 0 Å². The van der Waals surface area contributed by atoms with E-state index in [0.717, 1.165) is 6.42 Å². The van der Waals surface area contributed by atoms with Crippen LogP contribution in [0.1, 0.15) is 20.3 Å². The second-order valence-electron chi connectivity index (χ2n) is 2.75. The van der Waals surface area contributed by atoms with E-state index in [2.05, 4.69) is 11.7 Å². The lowest BCUT2D eigenvalue weighted by Gasteiger charge is -2.12. The van der Waals surface area contributed by atoms with Gasteiger partial charge in [-0.1, -0.05) is 18.6 Å². The fourth-order valence-electron chi connectivity index (χ4n) is 0.667. The summed E-state index contributed by atoms with van der Waals surface area (Å²) >= 11 is 0. The molecule has 0 fully saturated rings. The van der Waals surface area contributed by atoms with E-state index in [0.29, 0.717) is 6.54 Å². The van der Waals surface area contributed by atoms with Crippen LogP contribution in [0.15, 0.2) is 11.6 Å². The van der Waals surface area contributed by atoms with E-state index in [1.54, 1.807) is 7.05 Å². The van der Waals surface area contributed by atoms with Gasteiger partial charge in [-0.3, -0.25) is 0 Å². The smallest absolute Gasteiger partial charge is 0.409 e. The van der Waals surface area contributed by atoms with Gasteiger partial charge in [-0.25, -0.2) is 4.79 Å². The van der Waals surface area contributed by atoms with Crippen molar-refractivity contribution < 1.29 is 9.53 Å². The molecule has 3 heteroatoms. The Morgan fingerprint density at radius 3 is 2.58 bits per heavy atom. The zero-order chi connectivity index (χ0) is 9.56. The van der Waals surface area contributed by atoms with E-state index >= 15 is 0 Å². The highest BCUT2D eigenvalue weighted by Crippen LogP contribution is 1.98. The van der Waals surface area contributed by atoms with Crippen molar-refractivity contribution in [2.24, 2.45) is 0 Å². The average molecular weight is 171 g/mol. The molecule has 0 heterocycles. The quantitative estimate of drug-likeness (QED) is 0.608. The summed E-state index contributed by atoms with van der Waals surface area (Å²) in [5, 5.41) is 0. The normalized spacial score (nSPS) is 11.2. The molecular formula is C9H17NO2. The largest absolute Gasteiger partial charge is 0.453 e. The van der Waals surface area contributed by atoms with Gasteiger partial charge in [-0.2, -0.15) is 0 Å². The zero-order valence-corrected chi connectivity index (χ0v) is 8.26. The first-order valence-corrected chi connectivity index (χ1v) is 4.06. The van der Waals surface area contributed by atoms with Crippen LogP contribution in [0.25, 0.3) is 0 Å². The van der Waals surface area contributed by atoms with Crippen molar-refractivity contribution in [1.82, 2.24) is 4.90 Å². The van der Waals surface area contributed by atoms with E-state index in [-0.39, 0.29) is 6.09 Å². The van der Waals surface area contributed by atoms with E-state index < -0.39 is 0 Å². The molecule has 0 rings (SSSR count). The third-order valence-electron chi connectivity index (χ3n) is 1.76. The van der Waals surface area contributed by atoms with Crippen molar-refractivity contribution in [2.75, 3.05) is 20.7 Å². The minimum atomic E-state index is -0.296. The van der Waals surface area contributed by atoms with Crippen LogP contribution in [-0.2, 0) is 4.74 Å². The number of hydrogen-bond donors (Lipinski definition) is 0. The Hall–Kier alpha value is -0.990. The van der Waals surface area contributed by atoms with Gasteiger partial charge in [0.2, 0.25) is 0 Å². The molecule has 0 atom stereocenters. The van der Waals surface area contributed by atoms with Gasteiger partial charge in [0.05, 0.1) is 7.11 Å². The van der Waals surface area contributed by atoms with Crippen LogP contribution >= 0.6 is 0 Å². The van der Waals surface area contributed by atoms with Crippen LogP contribution in [0.4, 0.5) is 4.79 Å². The summed E-state index contributed by atoms with van der Waals surface area (Å²) in [4.78, 5) is 12.4. The molecule has 0 aromatic carbocycles. The van der Waals surface area contributed by atoms with E-state index in [1.165, 1.54) is 17.6 Å². The SMILES string of the molecule is CC/C(C)=C\CN(C)C(=O)OC. The van der Waals surface area contributed by atoms with Crippen molar-refractivity contribution >= 4 is 6.09 Å². The van der Waals surface area contributed by atoms with Gasteiger partial charge in [0, 0.05) is 13.6 Å². The Morgan fingerprint density at radius 1 is 1.58 bits per heavy atom.